The van der Waals surface area contributed by atoms with Gasteiger partial charge in [-0.1, -0.05) is 23.2 Å². The van der Waals surface area contributed by atoms with Crippen molar-refractivity contribution in [3.8, 4) is 5.75 Å². The molecule has 1 aromatic carbocycles. The van der Waals surface area contributed by atoms with E-state index in [9.17, 15) is 8.42 Å². The Labute approximate surface area is 231 Å². The lowest BCUT2D eigenvalue weighted by Crippen LogP contribution is -2.58. The van der Waals surface area contributed by atoms with Crippen LogP contribution in [0, 0.1) is 10.8 Å². The van der Waals surface area contributed by atoms with E-state index in [4.69, 9.17) is 44.8 Å². The molecule has 2 aliphatic heterocycles. The molecule has 10 nitrogen and oxygen atoms in total. The van der Waals surface area contributed by atoms with Crippen molar-refractivity contribution in [2.24, 2.45) is 11.1 Å². The molecule has 200 valence electrons. The second-order valence-electron chi connectivity index (χ2n) is 9.79. The first kappa shape index (κ1) is 26.6. The summed E-state index contributed by atoms with van der Waals surface area (Å²) in [6.07, 6.45) is 5.66. The standard InChI is InChI=1S/C25H27Cl2N7O3S/c1-38(35,36)34-7-6-25(14-34)12-33(13-25)21-5-2-15(9-32-21)23(29)17-8-16(3-4-20(17)28)37-24(30)22-18(26)10-31-11-19(22)27/h2-5,8-11,24,29H,6-7,12-14,28,30H2,1H3/t24-/m0/s1. The van der Waals surface area contributed by atoms with Crippen LogP contribution in [-0.4, -0.2) is 60.8 Å². The highest BCUT2D eigenvalue weighted by atomic mass is 35.5. The number of hydrogen-bond donors (Lipinski definition) is 3. The van der Waals surface area contributed by atoms with Gasteiger partial charge >= 0.3 is 0 Å². The lowest BCUT2D eigenvalue weighted by molar-refractivity contribution is 0.214. The smallest absolute Gasteiger partial charge is 0.211 e. The number of nitrogens with zero attached hydrogens (tertiary/aromatic N) is 4. The molecule has 5 rings (SSSR count). The van der Waals surface area contributed by atoms with Crippen molar-refractivity contribution in [3.63, 3.8) is 0 Å². The summed E-state index contributed by atoms with van der Waals surface area (Å²) in [6.45, 7) is 2.61. The number of hydrogen-bond acceptors (Lipinski definition) is 9. The molecule has 3 aromatic rings. The highest BCUT2D eigenvalue weighted by molar-refractivity contribution is 7.88. The van der Waals surface area contributed by atoms with Crippen LogP contribution in [-0.2, 0) is 10.0 Å². The van der Waals surface area contributed by atoms with Gasteiger partial charge in [0.2, 0.25) is 10.0 Å². The molecule has 0 radical (unpaired) electrons. The van der Waals surface area contributed by atoms with Crippen molar-refractivity contribution in [2.45, 2.75) is 12.6 Å². The molecule has 0 amide bonds. The van der Waals surface area contributed by atoms with Crippen molar-refractivity contribution in [1.29, 1.82) is 5.41 Å². The third-order valence-corrected chi connectivity index (χ3v) is 8.87. The number of pyridine rings is 2. The Kier molecular flexibility index (Phi) is 6.99. The van der Waals surface area contributed by atoms with Gasteiger partial charge in [0.25, 0.3) is 0 Å². The molecule has 38 heavy (non-hydrogen) atoms. The SMILES string of the molecule is CS(=O)(=O)N1CCC2(CN(c3ccc(C(=N)c4cc(O[C@H](N)c5c(Cl)cncc5Cl)ccc4N)cn3)C2)C1. The molecule has 0 saturated carbocycles. The number of halogens is 2. The number of benzene rings is 1. The Morgan fingerprint density at radius 3 is 2.45 bits per heavy atom. The zero-order chi connectivity index (χ0) is 27.2. The maximum atomic E-state index is 11.9. The zero-order valence-corrected chi connectivity index (χ0v) is 22.9. The minimum Gasteiger partial charge on any atom is -0.471 e. The summed E-state index contributed by atoms with van der Waals surface area (Å²) in [5.74, 6) is 1.18. The van der Waals surface area contributed by atoms with Gasteiger partial charge in [-0.25, -0.2) is 17.7 Å². The van der Waals surface area contributed by atoms with E-state index in [0.29, 0.717) is 41.2 Å². The van der Waals surface area contributed by atoms with E-state index >= 15 is 0 Å². The van der Waals surface area contributed by atoms with E-state index in [1.807, 2.05) is 12.1 Å². The number of sulfonamides is 1. The van der Waals surface area contributed by atoms with Crippen LogP contribution in [0.5, 0.6) is 5.75 Å². The average molecular weight is 577 g/mol. The number of nitrogens with two attached hydrogens (primary N) is 2. The number of rotatable bonds is 7. The Hall–Kier alpha value is -2.96. The number of aromatic nitrogens is 2. The van der Waals surface area contributed by atoms with Gasteiger partial charge in [0.05, 0.1) is 22.0 Å². The van der Waals surface area contributed by atoms with Crippen LogP contribution in [0.15, 0.2) is 48.9 Å². The molecule has 2 saturated heterocycles. The average Bonchev–Trinajstić information content (AvgIpc) is 3.31. The maximum absolute atomic E-state index is 11.9. The van der Waals surface area contributed by atoms with E-state index in [-0.39, 0.29) is 21.2 Å². The second-order valence-corrected chi connectivity index (χ2v) is 12.6. The first-order chi connectivity index (χ1) is 18.0. The van der Waals surface area contributed by atoms with Crippen molar-refractivity contribution in [3.05, 3.63) is 75.7 Å². The molecule has 1 spiro atoms. The fourth-order valence-electron chi connectivity index (χ4n) is 4.96. The minimum atomic E-state index is -3.17. The first-order valence-corrected chi connectivity index (χ1v) is 14.4. The Morgan fingerprint density at radius 2 is 1.84 bits per heavy atom. The van der Waals surface area contributed by atoms with E-state index in [1.54, 1.807) is 28.7 Å². The van der Waals surface area contributed by atoms with E-state index < -0.39 is 16.3 Å². The number of nitrogens with one attached hydrogen (secondary N) is 1. The van der Waals surface area contributed by atoms with Gasteiger partial charge in [-0.3, -0.25) is 16.1 Å². The lowest BCUT2D eigenvalue weighted by atomic mass is 9.79. The molecule has 2 fully saturated rings. The van der Waals surface area contributed by atoms with Gasteiger partial charge in [0.1, 0.15) is 11.6 Å². The predicted molar refractivity (Wildman–Crippen MR) is 149 cm³/mol. The van der Waals surface area contributed by atoms with E-state index in [0.717, 1.165) is 25.3 Å². The van der Waals surface area contributed by atoms with Gasteiger partial charge in [-0.2, -0.15) is 0 Å². The summed E-state index contributed by atoms with van der Waals surface area (Å²) in [5, 5.41) is 9.31. The molecule has 13 heteroatoms. The van der Waals surface area contributed by atoms with Crippen LogP contribution in [0.25, 0.3) is 0 Å². The quantitative estimate of drug-likeness (QED) is 0.220. The monoisotopic (exact) mass is 575 g/mol. The van der Waals surface area contributed by atoms with Gasteiger partial charge in [0.15, 0.2) is 6.23 Å². The van der Waals surface area contributed by atoms with Crippen molar-refractivity contribution in [2.75, 3.05) is 43.1 Å². The van der Waals surface area contributed by atoms with Crippen LogP contribution in [0.2, 0.25) is 10.0 Å². The summed E-state index contributed by atoms with van der Waals surface area (Å²) in [4.78, 5) is 10.6. The molecule has 0 bridgehead atoms. The normalized spacial score (nSPS) is 17.8. The molecular weight excluding hydrogens is 549 g/mol. The van der Waals surface area contributed by atoms with E-state index in [2.05, 4.69) is 14.9 Å². The Morgan fingerprint density at radius 1 is 1.13 bits per heavy atom. The largest absolute Gasteiger partial charge is 0.471 e. The van der Waals surface area contributed by atoms with Gasteiger partial charge in [-0.15, -0.1) is 0 Å². The highest BCUT2D eigenvalue weighted by Crippen LogP contribution is 2.42. The molecule has 4 heterocycles. The van der Waals surface area contributed by atoms with Gasteiger partial charge in [0, 0.05) is 72.6 Å². The van der Waals surface area contributed by atoms with Crippen LogP contribution in [0.4, 0.5) is 11.5 Å². The van der Waals surface area contributed by atoms with E-state index in [1.165, 1.54) is 18.6 Å². The molecule has 5 N–H and O–H groups in total. The predicted octanol–water partition coefficient (Wildman–Crippen LogP) is 3.29. The number of ether oxygens (including phenoxy) is 1. The lowest BCUT2D eigenvalue weighted by Gasteiger charge is -2.48. The van der Waals surface area contributed by atoms with Gasteiger partial charge in [-0.05, 0) is 36.8 Å². The fourth-order valence-corrected chi connectivity index (χ4v) is 6.47. The van der Waals surface area contributed by atoms with Gasteiger partial charge < -0.3 is 15.4 Å². The first-order valence-electron chi connectivity index (χ1n) is 11.8. The summed E-state index contributed by atoms with van der Waals surface area (Å²) in [6, 6.07) is 8.62. The summed E-state index contributed by atoms with van der Waals surface area (Å²) < 4.78 is 31.1. The number of anilines is 2. The topological polar surface area (TPSA) is 152 Å². The third kappa shape index (κ3) is 5.16. The third-order valence-electron chi connectivity index (χ3n) is 7.02. The van der Waals surface area contributed by atoms with Crippen LogP contribution >= 0.6 is 23.2 Å². The van der Waals surface area contributed by atoms with Crippen LogP contribution in [0.3, 0.4) is 0 Å². The summed E-state index contributed by atoms with van der Waals surface area (Å²) >= 11 is 12.4. The highest BCUT2D eigenvalue weighted by Gasteiger charge is 2.49. The van der Waals surface area contributed by atoms with Crippen LogP contribution in [0.1, 0.15) is 29.3 Å². The fraction of sp³-hybridized carbons (Fsp3) is 0.320. The summed E-state index contributed by atoms with van der Waals surface area (Å²) in [7, 11) is -3.17. The summed E-state index contributed by atoms with van der Waals surface area (Å²) in [5.41, 5.74) is 14.4. The van der Waals surface area contributed by atoms with Crippen molar-refractivity contribution in [1.82, 2.24) is 14.3 Å². The van der Waals surface area contributed by atoms with Crippen LogP contribution < -0.4 is 21.1 Å². The van der Waals surface area contributed by atoms with Crippen molar-refractivity contribution >= 4 is 50.4 Å². The molecule has 1 atom stereocenters. The zero-order valence-electron chi connectivity index (χ0n) is 20.6. The second kappa shape index (κ2) is 9.97. The molecular formula is C25H27Cl2N7O3S. The molecule has 0 unspecified atom stereocenters. The molecule has 2 aliphatic rings. The molecule has 2 aromatic heterocycles. The molecule has 0 aliphatic carbocycles. The Bertz CT molecular complexity index is 1480. The van der Waals surface area contributed by atoms with Crippen molar-refractivity contribution < 1.29 is 13.2 Å². The Balaban J connectivity index is 1.27. The number of nitrogen functional groups attached to an aromatic ring is 1. The maximum Gasteiger partial charge on any atom is 0.211 e. The minimum absolute atomic E-state index is 0.0173.